The van der Waals surface area contributed by atoms with Gasteiger partial charge in [0.1, 0.15) is 11.4 Å². The third-order valence-corrected chi connectivity index (χ3v) is 4.55. The third kappa shape index (κ3) is 4.93. The topological polar surface area (TPSA) is 83.4 Å². The summed E-state index contributed by atoms with van der Waals surface area (Å²) in [5, 5.41) is 8.98. The lowest BCUT2D eigenvalue weighted by Gasteiger charge is -2.11. The molecule has 0 saturated heterocycles. The molecule has 0 aliphatic carbocycles. The van der Waals surface area contributed by atoms with Crippen LogP contribution in [-0.4, -0.2) is 16.9 Å². The summed E-state index contributed by atoms with van der Waals surface area (Å²) in [5.41, 5.74) is 1.83. The van der Waals surface area contributed by atoms with Crippen LogP contribution in [0.1, 0.15) is 20.9 Å². The Bertz CT molecular complexity index is 1270. The molecule has 1 heterocycles. The van der Waals surface area contributed by atoms with Gasteiger partial charge in [-0.05, 0) is 60.7 Å². The SMILES string of the molecule is O=C(NC(=S)Nc1cccc(NC(=O)c2cc3ccccc3o2)c1)c1cccc(F)c1. The summed E-state index contributed by atoms with van der Waals surface area (Å²) in [7, 11) is 0. The number of fused-ring (bicyclic) bond motifs is 1. The van der Waals surface area contributed by atoms with Crippen LogP contribution in [-0.2, 0) is 0 Å². The Balaban J connectivity index is 1.40. The predicted molar refractivity (Wildman–Crippen MR) is 121 cm³/mol. The molecule has 0 aliphatic rings. The van der Waals surface area contributed by atoms with E-state index in [1.807, 2.05) is 18.2 Å². The lowest BCUT2D eigenvalue weighted by atomic mass is 10.2. The zero-order chi connectivity index (χ0) is 21.8. The van der Waals surface area contributed by atoms with Crippen molar-refractivity contribution in [2.24, 2.45) is 0 Å². The highest BCUT2D eigenvalue weighted by Gasteiger charge is 2.13. The Kier molecular flexibility index (Phi) is 5.72. The van der Waals surface area contributed by atoms with Crippen molar-refractivity contribution in [3.63, 3.8) is 0 Å². The van der Waals surface area contributed by atoms with Crippen molar-refractivity contribution in [1.82, 2.24) is 5.32 Å². The van der Waals surface area contributed by atoms with E-state index in [0.717, 1.165) is 11.5 Å². The number of carbonyl (C=O) groups excluding carboxylic acids is 2. The molecule has 0 saturated carbocycles. The minimum absolute atomic E-state index is 0.0371. The molecule has 0 atom stereocenters. The van der Waals surface area contributed by atoms with E-state index in [1.54, 1.807) is 36.4 Å². The molecule has 0 unspecified atom stereocenters. The summed E-state index contributed by atoms with van der Waals surface area (Å²) in [6.07, 6.45) is 0. The summed E-state index contributed by atoms with van der Waals surface area (Å²) in [6, 6.07) is 21.1. The van der Waals surface area contributed by atoms with Gasteiger partial charge < -0.3 is 15.1 Å². The summed E-state index contributed by atoms with van der Waals surface area (Å²) in [6.45, 7) is 0. The molecule has 8 heteroatoms. The molecular formula is C23H16FN3O3S. The molecule has 0 aliphatic heterocycles. The number of anilines is 2. The Morgan fingerprint density at radius 3 is 2.32 bits per heavy atom. The van der Waals surface area contributed by atoms with Crippen LogP contribution in [0.5, 0.6) is 0 Å². The van der Waals surface area contributed by atoms with E-state index in [0.29, 0.717) is 17.0 Å². The molecule has 0 fully saturated rings. The van der Waals surface area contributed by atoms with Crippen LogP contribution in [0, 0.1) is 5.82 Å². The molecule has 31 heavy (non-hydrogen) atoms. The number of furan rings is 1. The first kappa shape index (κ1) is 20.2. The lowest BCUT2D eigenvalue weighted by Crippen LogP contribution is -2.34. The van der Waals surface area contributed by atoms with Gasteiger partial charge in [-0.3, -0.25) is 14.9 Å². The predicted octanol–water partition coefficient (Wildman–Crippen LogP) is 4.95. The summed E-state index contributed by atoms with van der Waals surface area (Å²) in [5.74, 6) is -1.25. The number of thiocarbonyl (C=S) groups is 1. The number of para-hydroxylation sites is 1. The molecule has 0 spiro atoms. The van der Waals surface area contributed by atoms with E-state index in [2.05, 4.69) is 16.0 Å². The van der Waals surface area contributed by atoms with Gasteiger partial charge >= 0.3 is 0 Å². The fourth-order valence-electron chi connectivity index (χ4n) is 2.93. The number of hydrogen-bond donors (Lipinski definition) is 3. The van der Waals surface area contributed by atoms with E-state index in [9.17, 15) is 14.0 Å². The second kappa shape index (κ2) is 8.76. The Morgan fingerprint density at radius 1 is 0.806 bits per heavy atom. The second-order valence-corrected chi connectivity index (χ2v) is 7.01. The Morgan fingerprint density at radius 2 is 1.55 bits per heavy atom. The molecule has 4 aromatic rings. The average Bonchev–Trinajstić information content (AvgIpc) is 3.18. The molecule has 2 amide bonds. The minimum Gasteiger partial charge on any atom is -0.451 e. The molecule has 0 bridgehead atoms. The first-order valence-corrected chi connectivity index (χ1v) is 9.67. The van der Waals surface area contributed by atoms with Gasteiger partial charge in [0, 0.05) is 22.3 Å². The molecule has 3 N–H and O–H groups in total. The smallest absolute Gasteiger partial charge is 0.291 e. The lowest BCUT2D eigenvalue weighted by molar-refractivity contribution is 0.0975. The van der Waals surface area contributed by atoms with Crippen LogP contribution in [0.15, 0.2) is 83.3 Å². The van der Waals surface area contributed by atoms with Crippen molar-refractivity contribution in [1.29, 1.82) is 0 Å². The monoisotopic (exact) mass is 433 g/mol. The highest BCUT2D eigenvalue weighted by Crippen LogP contribution is 2.21. The maximum Gasteiger partial charge on any atom is 0.291 e. The number of hydrogen-bond acceptors (Lipinski definition) is 4. The van der Waals surface area contributed by atoms with E-state index in [-0.39, 0.29) is 16.4 Å². The Labute approximate surface area is 182 Å². The second-order valence-electron chi connectivity index (χ2n) is 6.60. The normalized spacial score (nSPS) is 10.5. The van der Waals surface area contributed by atoms with Crippen LogP contribution in [0.4, 0.5) is 15.8 Å². The van der Waals surface area contributed by atoms with Gasteiger partial charge in [-0.1, -0.05) is 30.3 Å². The first-order valence-electron chi connectivity index (χ1n) is 9.26. The summed E-state index contributed by atoms with van der Waals surface area (Å²) >= 11 is 5.15. The molecule has 154 valence electrons. The third-order valence-electron chi connectivity index (χ3n) is 4.34. The molecule has 1 aromatic heterocycles. The maximum absolute atomic E-state index is 13.3. The first-order chi connectivity index (χ1) is 15.0. The van der Waals surface area contributed by atoms with Gasteiger partial charge in [0.05, 0.1) is 0 Å². The van der Waals surface area contributed by atoms with Gasteiger partial charge in [-0.25, -0.2) is 4.39 Å². The summed E-state index contributed by atoms with van der Waals surface area (Å²) in [4.78, 5) is 24.7. The minimum atomic E-state index is -0.536. The van der Waals surface area contributed by atoms with Crippen LogP contribution < -0.4 is 16.0 Å². The summed E-state index contributed by atoms with van der Waals surface area (Å²) < 4.78 is 18.8. The van der Waals surface area contributed by atoms with Gasteiger partial charge in [0.2, 0.25) is 0 Å². The van der Waals surface area contributed by atoms with E-state index in [1.165, 1.54) is 18.2 Å². The highest BCUT2D eigenvalue weighted by molar-refractivity contribution is 7.80. The van der Waals surface area contributed by atoms with Crippen molar-refractivity contribution in [2.45, 2.75) is 0 Å². The number of carbonyl (C=O) groups is 2. The molecule has 3 aromatic carbocycles. The van der Waals surface area contributed by atoms with Crippen LogP contribution in [0.2, 0.25) is 0 Å². The standard InChI is InChI=1S/C23H16FN3O3S/c24-16-7-3-6-15(11-16)21(28)27-23(31)26-18-9-4-8-17(13-18)25-22(29)20-12-14-5-1-2-10-19(14)30-20/h1-13H,(H,25,29)(H2,26,27,28,31). The highest BCUT2D eigenvalue weighted by atomic mass is 32.1. The zero-order valence-corrected chi connectivity index (χ0v) is 16.8. The van der Waals surface area contributed by atoms with Crippen molar-refractivity contribution in [2.75, 3.05) is 10.6 Å². The number of nitrogens with one attached hydrogen (secondary N) is 3. The molecule has 6 nitrogen and oxygen atoms in total. The van der Waals surface area contributed by atoms with Crippen molar-refractivity contribution in [3.05, 3.63) is 96.0 Å². The maximum atomic E-state index is 13.3. The zero-order valence-electron chi connectivity index (χ0n) is 16.0. The quantitative estimate of drug-likeness (QED) is 0.397. The van der Waals surface area contributed by atoms with Crippen LogP contribution in [0.3, 0.4) is 0 Å². The number of rotatable bonds is 4. The van der Waals surface area contributed by atoms with Gasteiger partial charge in [0.25, 0.3) is 11.8 Å². The van der Waals surface area contributed by atoms with Crippen LogP contribution in [0.25, 0.3) is 11.0 Å². The largest absolute Gasteiger partial charge is 0.451 e. The van der Waals surface area contributed by atoms with E-state index in [4.69, 9.17) is 16.6 Å². The van der Waals surface area contributed by atoms with Gasteiger partial charge in [-0.2, -0.15) is 0 Å². The molecule has 4 rings (SSSR count). The number of amides is 2. The van der Waals surface area contributed by atoms with Crippen molar-refractivity contribution in [3.8, 4) is 0 Å². The Hall–Kier alpha value is -4.04. The van der Waals surface area contributed by atoms with Gasteiger partial charge in [-0.15, -0.1) is 0 Å². The number of benzene rings is 3. The van der Waals surface area contributed by atoms with Gasteiger partial charge in [0.15, 0.2) is 10.9 Å². The fourth-order valence-corrected chi connectivity index (χ4v) is 3.14. The van der Waals surface area contributed by atoms with Crippen molar-refractivity contribution < 1.29 is 18.4 Å². The number of halogens is 1. The van der Waals surface area contributed by atoms with E-state index < -0.39 is 17.6 Å². The fraction of sp³-hybridized carbons (Fsp3) is 0. The average molecular weight is 433 g/mol. The van der Waals surface area contributed by atoms with E-state index >= 15 is 0 Å². The molecular weight excluding hydrogens is 417 g/mol. The molecule has 0 radical (unpaired) electrons. The van der Waals surface area contributed by atoms with Crippen LogP contribution >= 0.6 is 12.2 Å². The van der Waals surface area contributed by atoms with Crippen molar-refractivity contribution >= 4 is 51.5 Å².